The van der Waals surface area contributed by atoms with Crippen LogP contribution in [0.5, 0.6) is 5.88 Å². The third-order valence-corrected chi connectivity index (χ3v) is 6.81. The van der Waals surface area contributed by atoms with E-state index < -0.39 is 27.2 Å². The summed E-state index contributed by atoms with van der Waals surface area (Å²) in [5.74, 6) is -1.99. The summed E-state index contributed by atoms with van der Waals surface area (Å²) in [7, 11) is -3.72. The summed E-state index contributed by atoms with van der Waals surface area (Å²) in [5, 5.41) is -0.385. The molecule has 0 N–H and O–H groups in total. The highest BCUT2D eigenvalue weighted by molar-refractivity contribution is 7.92. The SMILES string of the molecule is CC(=O)N1CN(S(C)(=O)=O)c2cc(-n3c(C)nc(OCc4ccc(F)cc4F)c(Cl)c3=O)ccc21. The van der Waals surface area contributed by atoms with Crippen molar-refractivity contribution in [1.29, 1.82) is 0 Å². The third kappa shape index (κ3) is 4.58. The molecular formula is C22H19ClF2N4O5S. The molecule has 0 fully saturated rings. The van der Waals surface area contributed by atoms with Crippen molar-refractivity contribution in [2.24, 2.45) is 0 Å². The molecule has 1 amide bonds. The Morgan fingerprint density at radius 1 is 1.17 bits per heavy atom. The fraction of sp³-hybridized carbons (Fsp3) is 0.227. The molecule has 0 bridgehead atoms. The fourth-order valence-corrected chi connectivity index (χ4v) is 4.69. The molecule has 35 heavy (non-hydrogen) atoms. The van der Waals surface area contributed by atoms with Gasteiger partial charge >= 0.3 is 0 Å². The molecule has 0 atom stereocenters. The molecule has 13 heteroatoms. The number of aryl methyl sites for hydroxylation is 1. The molecule has 1 aliphatic rings. The summed E-state index contributed by atoms with van der Waals surface area (Å²) in [5.41, 5.74) is 0.185. The van der Waals surface area contributed by atoms with Crippen molar-refractivity contribution in [3.8, 4) is 11.6 Å². The van der Waals surface area contributed by atoms with Gasteiger partial charge in [-0.2, -0.15) is 4.98 Å². The first-order chi connectivity index (χ1) is 16.4. The minimum Gasteiger partial charge on any atom is -0.471 e. The number of carbonyl (C=O) groups excluding carboxylic acids is 1. The number of hydrogen-bond acceptors (Lipinski definition) is 6. The van der Waals surface area contributed by atoms with Crippen molar-refractivity contribution < 1.29 is 26.7 Å². The Morgan fingerprint density at radius 2 is 1.89 bits per heavy atom. The van der Waals surface area contributed by atoms with E-state index in [0.717, 1.165) is 21.2 Å². The Balaban J connectivity index is 1.73. The lowest BCUT2D eigenvalue weighted by atomic mass is 10.2. The molecule has 0 spiro atoms. The van der Waals surface area contributed by atoms with E-state index >= 15 is 0 Å². The largest absolute Gasteiger partial charge is 0.471 e. The maximum atomic E-state index is 13.9. The van der Waals surface area contributed by atoms with E-state index in [-0.39, 0.29) is 52.8 Å². The van der Waals surface area contributed by atoms with E-state index in [1.54, 1.807) is 0 Å². The molecule has 0 radical (unpaired) electrons. The second-order valence-electron chi connectivity index (χ2n) is 7.82. The highest BCUT2D eigenvalue weighted by atomic mass is 35.5. The van der Waals surface area contributed by atoms with Crippen LogP contribution >= 0.6 is 11.6 Å². The van der Waals surface area contributed by atoms with Gasteiger partial charge in [0.15, 0.2) is 5.02 Å². The van der Waals surface area contributed by atoms with E-state index in [2.05, 4.69) is 4.98 Å². The van der Waals surface area contributed by atoms with Crippen LogP contribution in [0, 0.1) is 18.6 Å². The number of aromatic nitrogens is 2. The van der Waals surface area contributed by atoms with Crippen molar-refractivity contribution in [1.82, 2.24) is 9.55 Å². The lowest BCUT2D eigenvalue weighted by molar-refractivity contribution is -0.116. The third-order valence-electron chi connectivity index (χ3n) is 5.37. The van der Waals surface area contributed by atoms with E-state index in [1.807, 2.05) is 0 Å². The molecule has 4 rings (SSSR count). The van der Waals surface area contributed by atoms with Gasteiger partial charge in [0, 0.05) is 18.6 Å². The second-order valence-corrected chi connectivity index (χ2v) is 10.1. The Bertz CT molecular complexity index is 1530. The van der Waals surface area contributed by atoms with Crippen molar-refractivity contribution in [2.45, 2.75) is 20.5 Å². The zero-order valence-electron chi connectivity index (χ0n) is 18.8. The number of sulfonamides is 1. The number of hydrogen-bond donors (Lipinski definition) is 0. The van der Waals surface area contributed by atoms with E-state index in [1.165, 1.54) is 43.0 Å². The van der Waals surface area contributed by atoms with Gasteiger partial charge < -0.3 is 4.74 Å². The van der Waals surface area contributed by atoms with Crippen molar-refractivity contribution in [3.63, 3.8) is 0 Å². The molecule has 1 aromatic heterocycles. The maximum absolute atomic E-state index is 13.9. The molecule has 184 valence electrons. The number of anilines is 2. The van der Waals surface area contributed by atoms with Crippen molar-refractivity contribution >= 4 is 38.9 Å². The van der Waals surface area contributed by atoms with Crippen LogP contribution < -0.4 is 19.5 Å². The minimum absolute atomic E-state index is 0.0422. The highest BCUT2D eigenvalue weighted by Crippen LogP contribution is 2.39. The Morgan fingerprint density at radius 3 is 2.51 bits per heavy atom. The van der Waals surface area contributed by atoms with Crippen LogP contribution in [0.15, 0.2) is 41.2 Å². The van der Waals surface area contributed by atoms with E-state index in [0.29, 0.717) is 11.8 Å². The topological polar surface area (TPSA) is 102 Å². The monoisotopic (exact) mass is 524 g/mol. The summed E-state index contributed by atoms with van der Waals surface area (Å²) in [6.45, 7) is 2.29. The minimum atomic E-state index is -3.72. The molecule has 0 saturated carbocycles. The summed E-state index contributed by atoms with van der Waals surface area (Å²) >= 11 is 6.20. The smallest absolute Gasteiger partial charge is 0.280 e. The second kappa shape index (κ2) is 8.93. The van der Waals surface area contributed by atoms with Crippen molar-refractivity contribution in [2.75, 3.05) is 22.1 Å². The van der Waals surface area contributed by atoms with Gasteiger partial charge in [-0.1, -0.05) is 11.6 Å². The first-order valence-corrected chi connectivity index (χ1v) is 12.4. The van der Waals surface area contributed by atoms with Gasteiger partial charge in [-0.3, -0.25) is 19.1 Å². The maximum Gasteiger partial charge on any atom is 0.280 e. The van der Waals surface area contributed by atoms with Crippen LogP contribution in [0.25, 0.3) is 5.69 Å². The predicted molar refractivity (Wildman–Crippen MR) is 126 cm³/mol. The zero-order valence-corrected chi connectivity index (χ0v) is 20.3. The number of ether oxygens (including phenoxy) is 1. The van der Waals surface area contributed by atoms with Gasteiger partial charge in [0.2, 0.25) is 21.8 Å². The number of amides is 1. The first-order valence-electron chi connectivity index (χ1n) is 10.1. The average molecular weight is 525 g/mol. The molecule has 2 heterocycles. The van der Waals surface area contributed by atoms with E-state index in [4.69, 9.17) is 16.3 Å². The molecule has 2 aromatic carbocycles. The Kier molecular flexibility index (Phi) is 6.28. The van der Waals surface area contributed by atoms with Crippen LogP contribution in [-0.2, 0) is 21.4 Å². The molecule has 0 aliphatic carbocycles. The summed E-state index contributed by atoms with van der Waals surface area (Å²) in [4.78, 5) is 30.6. The molecular weight excluding hydrogens is 506 g/mol. The standard InChI is InChI=1S/C22H19ClF2N4O5S/c1-12-26-21(34-10-14-4-5-15(24)8-17(14)25)20(23)22(31)29(12)16-6-7-18-19(9-16)28(35(3,32)33)11-27(18)13(2)30/h4-9H,10-11H2,1-3H3. The Hall–Kier alpha value is -3.51. The van der Waals surface area contributed by atoms with Crippen LogP contribution in [0.3, 0.4) is 0 Å². The predicted octanol–water partition coefficient (Wildman–Crippen LogP) is 3.14. The van der Waals surface area contributed by atoms with Crippen molar-refractivity contribution in [3.05, 3.63) is 74.8 Å². The first kappa shape index (κ1) is 24.6. The molecule has 0 unspecified atom stereocenters. The van der Waals surface area contributed by atoms with Crippen LogP contribution in [0.1, 0.15) is 18.3 Å². The van der Waals surface area contributed by atoms with E-state index in [9.17, 15) is 26.8 Å². The number of benzene rings is 2. The average Bonchev–Trinajstić information content (AvgIpc) is 3.16. The van der Waals surface area contributed by atoms with Crippen LogP contribution in [0.4, 0.5) is 20.2 Å². The summed E-state index contributed by atoms with van der Waals surface area (Å²) < 4.78 is 59.2. The molecule has 0 saturated heterocycles. The lowest BCUT2D eigenvalue weighted by Crippen LogP contribution is -2.36. The fourth-order valence-electron chi connectivity index (χ4n) is 3.68. The number of rotatable bonds is 5. The number of fused-ring (bicyclic) bond motifs is 1. The Labute approximate surface area is 204 Å². The number of carbonyl (C=O) groups is 1. The molecule has 1 aliphatic heterocycles. The summed E-state index contributed by atoms with van der Waals surface area (Å²) in [6, 6.07) is 7.48. The highest BCUT2D eigenvalue weighted by Gasteiger charge is 2.34. The normalized spacial score (nSPS) is 13.2. The number of nitrogens with zero attached hydrogens (tertiary/aromatic N) is 4. The van der Waals surface area contributed by atoms with Gasteiger partial charge in [-0.25, -0.2) is 21.5 Å². The van der Waals surface area contributed by atoms with Crippen LogP contribution in [-0.4, -0.2) is 36.8 Å². The number of halogens is 3. The lowest BCUT2D eigenvalue weighted by Gasteiger charge is -2.17. The van der Waals surface area contributed by atoms with Gasteiger partial charge in [0.1, 0.15) is 30.7 Å². The van der Waals surface area contributed by atoms with Gasteiger partial charge in [0.25, 0.3) is 5.56 Å². The van der Waals surface area contributed by atoms with Gasteiger partial charge in [-0.05, 0) is 37.3 Å². The molecule has 3 aromatic rings. The quantitative estimate of drug-likeness (QED) is 0.508. The van der Waals surface area contributed by atoms with Gasteiger partial charge in [0.05, 0.1) is 23.3 Å². The van der Waals surface area contributed by atoms with Gasteiger partial charge in [-0.15, -0.1) is 0 Å². The zero-order chi connectivity index (χ0) is 25.7. The summed E-state index contributed by atoms with van der Waals surface area (Å²) in [6.07, 6.45) is 1.01. The molecule has 9 nitrogen and oxygen atoms in total. The van der Waals surface area contributed by atoms with Crippen LogP contribution in [0.2, 0.25) is 5.02 Å².